The maximum absolute atomic E-state index is 12.4. The third-order valence-corrected chi connectivity index (χ3v) is 3.19. The fourth-order valence-electron chi connectivity index (χ4n) is 2.19. The highest BCUT2D eigenvalue weighted by molar-refractivity contribution is 5.90. The number of nitrogens with zero attached hydrogens (tertiary/aromatic N) is 1. The van der Waals surface area contributed by atoms with E-state index in [1.807, 2.05) is 0 Å². The molecule has 4 nitrogen and oxygen atoms in total. The average Bonchev–Trinajstić information content (AvgIpc) is 2.70. The Morgan fingerprint density at radius 1 is 1.30 bits per heavy atom. The average molecular weight is 287 g/mol. The van der Waals surface area contributed by atoms with Crippen LogP contribution in [0.15, 0.2) is 24.3 Å². The molecule has 1 aromatic rings. The quantitative estimate of drug-likeness (QED) is 0.923. The van der Waals surface area contributed by atoms with Crippen LogP contribution in [-0.2, 0) is 22.3 Å². The van der Waals surface area contributed by atoms with Crippen LogP contribution in [0.3, 0.4) is 0 Å². The molecule has 1 aromatic carbocycles. The van der Waals surface area contributed by atoms with E-state index in [0.717, 1.165) is 12.1 Å². The summed E-state index contributed by atoms with van der Waals surface area (Å²) in [6, 6.07) is 3.59. The van der Waals surface area contributed by atoms with Crippen LogP contribution in [0, 0.1) is 0 Å². The molecule has 1 aliphatic heterocycles. The van der Waals surface area contributed by atoms with Gasteiger partial charge in [-0.15, -0.1) is 0 Å². The maximum Gasteiger partial charge on any atom is 0.416 e. The molecule has 108 valence electrons. The van der Waals surface area contributed by atoms with Gasteiger partial charge in [-0.1, -0.05) is 12.1 Å². The number of aliphatic carboxylic acids is 1. The molecule has 1 N–H and O–H groups in total. The first-order chi connectivity index (χ1) is 9.27. The second-order valence-corrected chi connectivity index (χ2v) is 4.70. The minimum Gasteiger partial charge on any atom is -0.480 e. The Balaban J connectivity index is 2.10. The summed E-state index contributed by atoms with van der Waals surface area (Å²) in [5.41, 5.74) is -0.215. The molecule has 0 unspecified atom stereocenters. The van der Waals surface area contributed by atoms with Crippen LogP contribution in [0.2, 0.25) is 0 Å². The fraction of sp³-hybridized carbons (Fsp3) is 0.385. The summed E-state index contributed by atoms with van der Waals surface area (Å²) < 4.78 is 37.2. The molecule has 1 aliphatic rings. The largest absolute Gasteiger partial charge is 0.480 e. The molecule has 0 saturated carbocycles. The van der Waals surface area contributed by atoms with Gasteiger partial charge in [0, 0.05) is 13.0 Å². The predicted octanol–water partition coefficient (Wildman–Crippen LogP) is 1.93. The molecule has 0 spiro atoms. The number of carboxylic acid groups (broad SMARTS) is 1. The van der Waals surface area contributed by atoms with Crippen LogP contribution in [0.5, 0.6) is 0 Å². The Labute approximate surface area is 112 Å². The molecule has 2 rings (SSSR count). The van der Waals surface area contributed by atoms with Crippen LogP contribution < -0.4 is 0 Å². The van der Waals surface area contributed by atoms with Gasteiger partial charge in [0.2, 0.25) is 0 Å². The number of rotatable bonds is 3. The molecule has 0 aromatic heterocycles. The van der Waals surface area contributed by atoms with Crippen molar-refractivity contribution in [1.29, 1.82) is 0 Å². The van der Waals surface area contributed by atoms with Crippen molar-refractivity contribution in [2.24, 2.45) is 0 Å². The van der Waals surface area contributed by atoms with E-state index in [1.54, 1.807) is 0 Å². The van der Waals surface area contributed by atoms with Gasteiger partial charge in [-0.3, -0.25) is 14.5 Å². The minimum atomic E-state index is -4.40. The van der Waals surface area contributed by atoms with Crippen molar-refractivity contribution in [3.63, 3.8) is 0 Å². The molecule has 1 saturated heterocycles. The monoisotopic (exact) mass is 287 g/mol. The summed E-state index contributed by atoms with van der Waals surface area (Å²) in [7, 11) is 0. The zero-order valence-corrected chi connectivity index (χ0v) is 10.4. The lowest BCUT2D eigenvalue weighted by Crippen LogP contribution is -2.35. The van der Waals surface area contributed by atoms with Gasteiger partial charge in [0.1, 0.15) is 11.8 Å². The Kier molecular flexibility index (Phi) is 3.80. The van der Waals surface area contributed by atoms with Gasteiger partial charge < -0.3 is 5.11 Å². The molecule has 20 heavy (non-hydrogen) atoms. The molecular weight excluding hydrogens is 275 g/mol. The van der Waals surface area contributed by atoms with Crippen LogP contribution in [0.1, 0.15) is 17.5 Å². The van der Waals surface area contributed by atoms with Crippen LogP contribution in [0.4, 0.5) is 13.2 Å². The SMILES string of the molecule is O=C1C[C@H](C(=O)O)N(Cc2ccc(C(F)(F)F)cc2)C1. The third-order valence-electron chi connectivity index (χ3n) is 3.19. The molecule has 1 atom stereocenters. The Morgan fingerprint density at radius 2 is 1.90 bits per heavy atom. The number of ketones is 1. The zero-order valence-electron chi connectivity index (χ0n) is 10.4. The second kappa shape index (κ2) is 5.24. The second-order valence-electron chi connectivity index (χ2n) is 4.70. The van der Waals surface area contributed by atoms with E-state index < -0.39 is 23.8 Å². The minimum absolute atomic E-state index is 0.0119. The van der Waals surface area contributed by atoms with Gasteiger partial charge in [-0.2, -0.15) is 13.2 Å². The number of halogens is 3. The number of carbonyl (C=O) groups excluding carboxylic acids is 1. The third kappa shape index (κ3) is 3.16. The Morgan fingerprint density at radius 3 is 2.40 bits per heavy atom. The molecular formula is C13H12F3NO3. The number of carbonyl (C=O) groups is 2. The summed E-state index contributed by atoms with van der Waals surface area (Å²) >= 11 is 0. The number of Topliss-reactive ketones (excluding diaryl/α,β-unsaturated/α-hetero) is 1. The van der Waals surface area contributed by atoms with Crippen molar-refractivity contribution in [2.75, 3.05) is 6.54 Å². The fourth-order valence-corrected chi connectivity index (χ4v) is 2.19. The van der Waals surface area contributed by atoms with Crippen molar-refractivity contribution < 1.29 is 27.9 Å². The lowest BCUT2D eigenvalue weighted by molar-refractivity contribution is -0.142. The van der Waals surface area contributed by atoms with Gasteiger partial charge in [-0.25, -0.2) is 0 Å². The van der Waals surface area contributed by atoms with Crippen molar-refractivity contribution in [2.45, 2.75) is 25.2 Å². The van der Waals surface area contributed by atoms with Gasteiger partial charge in [0.25, 0.3) is 0 Å². The van der Waals surface area contributed by atoms with Crippen molar-refractivity contribution in [3.05, 3.63) is 35.4 Å². The zero-order chi connectivity index (χ0) is 14.9. The number of likely N-dealkylation sites (tertiary alicyclic amines) is 1. The van der Waals surface area contributed by atoms with Crippen LogP contribution >= 0.6 is 0 Å². The first-order valence-electron chi connectivity index (χ1n) is 5.92. The number of hydrogen-bond donors (Lipinski definition) is 1. The predicted molar refractivity (Wildman–Crippen MR) is 62.9 cm³/mol. The first-order valence-corrected chi connectivity index (χ1v) is 5.92. The van der Waals surface area contributed by atoms with E-state index >= 15 is 0 Å². The smallest absolute Gasteiger partial charge is 0.416 e. The lowest BCUT2D eigenvalue weighted by atomic mass is 10.1. The molecule has 0 aliphatic carbocycles. The van der Waals surface area contributed by atoms with E-state index in [9.17, 15) is 22.8 Å². The lowest BCUT2D eigenvalue weighted by Gasteiger charge is -2.20. The molecule has 1 fully saturated rings. The standard InChI is InChI=1S/C13H12F3NO3/c14-13(15,16)9-3-1-8(2-4-9)6-17-7-10(18)5-11(17)12(19)20/h1-4,11H,5-7H2,(H,19,20)/t11-/m1/s1. The Bertz CT molecular complexity index is 525. The maximum atomic E-state index is 12.4. The van der Waals surface area contributed by atoms with Gasteiger partial charge in [-0.05, 0) is 17.7 Å². The normalized spacial score (nSPS) is 20.4. The van der Waals surface area contributed by atoms with E-state index in [2.05, 4.69) is 0 Å². The first kappa shape index (κ1) is 14.5. The summed E-state index contributed by atoms with van der Waals surface area (Å²) in [6.45, 7) is 0.152. The summed E-state index contributed by atoms with van der Waals surface area (Å²) in [6.07, 6.45) is -4.46. The number of carboxylic acids is 1. The van der Waals surface area contributed by atoms with Crippen molar-refractivity contribution >= 4 is 11.8 Å². The molecule has 7 heteroatoms. The summed E-state index contributed by atoms with van der Waals surface area (Å²) in [4.78, 5) is 23.7. The van der Waals surface area contributed by atoms with Crippen molar-refractivity contribution in [1.82, 2.24) is 4.90 Å². The molecule has 0 radical (unpaired) electrons. The topological polar surface area (TPSA) is 57.6 Å². The summed E-state index contributed by atoms with van der Waals surface area (Å²) in [5, 5.41) is 8.99. The summed E-state index contributed by atoms with van der Waals surface area (Å²) in [5.74, 6) is -1.27. The van der Waals surface area contributed by atoms with E-state index in [-0.39, 0.29) is 25.3 Å². The van der Waals surface area contributed by atoms with Gasteiger partial charge >= 0.3 is 12.1 Å². The van der Waals surface area contributed by atoms with E-state index in [4.69, 9.17) is 5.11 Å². The van der Waals surface area contributed by atoms with E-state index in [1.165, 1.54) is 17.0 Å². The van der Waals surface area contributed by atoms with Crippen LogP contribution in [-0.4, -0.2) is 34.3 Å². The van der Waals surface area contributed by atoms with Crippen molar-refractivity contribution in [3.8, 4) is 0 Å². The highest BCUT2D eigenvalue weighted by Crippen LogP contribution is 2.29. The Hall–Kier alpha value is -1.89. The number of benzene rings is 1. The number of hydrogen-bond acceptors (Lipinski definition) is 3. The van der Waals surface area contributed by atoms with E-state index in [0.29, 0.717) is 5.56 Å². The molecule has 0 amide bonds. The highest BCUT2D eigenvalue weighted by atomic mass is 19.4. The molecule has 0 bridgehead atoms. The number of alkyl halides is 3. The molecule has 1 heterocycles. The van der Waals surface area contributed by atoms with Gasteiger partial charge in [0.05, 0.1) is 12.1 Å². The van der Waals surface area contributed by atoms with Gasteiger partial charge in [0.15, 0.2) is 0 Å². The van der Waals surface area contributed by atoms with Crippen LogP contribution in [0.25, 0.3) is 0 Å². The highest BCUT2D eigenvalue weighted by Gasteiger charge is 2.35.